The van der Waals surface area contributed by atoms with Gasteiger partial charge in [-0.3, -0.25) is 5.10 Å². The number of nitrogens with one attached hydrogen (secondary N) is 2. The molecule has 0 saturated heterocycles. The van der Waals surface area contributed by atoms with E-state index in [0.29, 0.717) is 11.4 Å². The van der Waals surface area contributed by atoms with Gasteiger partial charge in [-0.15, -0.1) is 5.10 Å². The van der Waals surface area contributed by atoms with Crippen LogP contribution in [0.15, 0.2) is 48.5 Å². The third kappa shape index (κ3) is 8.09. The van der Waals surface area contributed by atoms with Crippen molar-refractivity contribution in [3.63, 3.8) is 0 Å². The molecule has 0 unspecified atom stereocenters. The Kier molecular flexibility index (Phi) is 8.33. The van der Waals surface area contributed by atoms with Crippen LogP contribution in [0.3, 0.4) is 0 Å². The number of rotatable bonds is 5. The zero-order chi connectivity index (χ0) is 29.0. The van der Waals surface area contributed by atoms with Crippen LogP contribution in [0.5, 0.6) is 11.6 Å². The molecular formula is C21H15ClF6N8O3. The number of aromatic nitrogens is 5. The zero-order valence-corrected chi connectivity index (χ0v) is 19.7. The number of carboxylic acid groups (broad SMARTS) is 1. The molecule has 2 heterocycles. The van der Waals surface area contributed by atoms with Gasteiger partial charge >= 0.3 is 18.3 Å². The monoisotopic (exact) mass is 576 g/mol. The van der Waals surface area contributed by atoms with Crippen LogP contribution in [-0.2, 0) is 11.0 Å². The molecular weight excluding hydrogens is 562 g/mol. The number of carbonyl (C=O) groups is 1. The molecule has 4 aromatic rings. The average molecular weight is 577 g/mol. The standard InChI is InChI=1S/C19H14ClF3N8O.C2HF3O2/c20-13-6-1-9(7-12(13)19(21,22)23)16-29-18(31-30-16)26-10-2-4-11(5-3-10)32-15-8-14(24)27-17(25)28-15;3-2(4,5)1(6)7/h1-8H,(H4,24,25,27,28)(H2,26,29,30,31);(H,6,7). The minimum atomic E-state index is -5.08. The van der Waals surface area contributed by atoms with Gasteiger partial charge in [0.2, 0.25) is 17.8 Å². The Bertz CT molecular complexity index is 1440. The van der Waals surface area contributed by atoms with Crippen molar-refractivity contribution in [3.8, 4) is 23.0 Å². The molecule has 2 aromatic heterocycles. The van der Waals surface area contributed by atoms with E-state index in [1.807, 2.05) is 0 Å². The maximum Gasteiger partial charge on any atom is 0.490 e. The van der Waals surface area contributed by atoms with E-state index < -0.39 is 28.9 Å². The number of hydrogen-bond acceptors (Lipinski definition) is 9. The van der Waals surface area contributed by atoms with Gasteiger partial charge in [-0.25, -0.2) is 4.79 Å². The fourth-order valence-electron chi connectivity index (χ4n) is 2.71. The number of nitrogen functional groups attached to an aromatic ring is 2. The van der Waals surface area contributed by atoms with Crippen LogP contribution in [0, 0.1) is 0 Å². The van der Waals surface area contributed by atoms with E-state index in [1.165, 1.54) is 12.1 Å². The van der Waals surface area contributed by atoms with Gasteiger partial charge in [-0.05, 0) is 42.5 Å². The zero-order valence-electron chi connectivity index (χ0n) is 19.0. The predicted octanol–water partition coefficient (Wildman–Crippen LogP) is 5.27. The number of carboxylic acids is 1. The fraction of sp³-hybridized carbons (Fsp3) is 0.0952. The first-order chi connectivity index (χ1) is 18.1. The van der Waals surface area contributed by atoms with Crippen molar-refractivity contribution in [1.82, 2.24) is 25.1 Å². The number of anilines is 4. The third-order valence-electron chi connectivity index (χ3n) is 4.35. The van der Waals surface area contributed by atoms with E-state index in [-0.39, 0.29) is 35.0 Å². The van der Waals surface area contributed by atoms with E-state index in [4.69, 9.17) is 37.7 Å². The number of hydrogen-bond donors (Lipinski definition) is 5. The van der Waals surface area contributed by atoms with Crippen molar-refractivity contribution in [2.45, 2.75) is 12.4 Å². The highest BCUT2D eigenvalue weighted by Gasteiger charge is 2.38. The molecule has 0 spiro atoms. The Balaban J connectivity index is 0.000000532. The second-order valence-electron chi connectivity index (χ2n) is 7.24. The lowest BCUT2D eigenvalue weighted by molar-refractivity contribution is -0.192. The van der Waals surface area contributed by atoms with Crippen molar-refractivity contribution in [1.29, 1.82) is 0 Å². The maximum atomic E-state index is 13.1. The number of nitrogens with two attached hydrogens (primary N) is 2. The van der Waals surface area contributed by atoms with E-state index in [0.717, 1.165) is 12.1 Å². The molecule has 7 N–H and O–H groups in total. The summed E-state index contributed by atoms with van der Waals surface area (Å²) in [7, 11) is 0. The molecule has 11 nitrogen and oxygen atoms in total. The first kappa shape index (κ1) is 28.8. The van der Waals surface area contributed by atoms with Crippen LogP contribution in [0.25, 0.3) is 11.4 Å². The number of nitrogens with zero attached hydrogens (tertiary/aromatic N) is 4. The Morgan fingerprint density at radius 1 is 0.974 bits per heavy atom. The van der Waals surface area contributed by atoms with Gasteiger partial charge < -0.3 is 26.6 Å². The molecule has 4 rings (SSSR count). The first-order valence-corrected chi connectivity index (χ1v) is 10.5. The van der Waals surface area contributed by atoms with Crippen LogP contribution >= 0.6 is 11.6 Å². The summed E-state index contributed by atoms with van der Waals surface area (Å²) in [4.78, 5) is 20.8. The number of halogens is 7. The number of benzene rings is 2. The Morgan fingerprint density at radius 2 is 1.62 bits per heavy atom. The van der Waals surface area contributed by atoms with Crippen molar-refractivity contribution in [2.24, 2.45) is 0 Å². The third-order valence-corrected chi connectivity index (χ3v) is 4.68. The molecule has 0 aliphatic heterocycles. The van der Waals surface area contributed by atoms with Crippen molar-refractivity contribution < 1.29 is 41.0 Å². The summed E-state index contributed by atoms with van der Waals surface area (Å²) in [6.07, 6.45) is -9.67. The van der Waals surface area contributed by atoms with Crippen molar-refractivity contribution in [2.75, 3.05) is 16.8 Å². The highest BCUT2D eigenvalue weighted by atomic mass is 35.5. The molecule has 0 aliphatic rings. The number of aromatic amines is 1. The van der Waals surface area contributed by atoms with Crippen molar-refractivity contribution in [3.05, 3.63) is 59.1 Å². The number of aliphatic carboxylic acids is 1. The fourth-order valence-corrected chi connectivity index (χ4v) is 2.93. The molecule has 0 aliphatic carbocycles. The van der Waals surface area contributed by atoms with Gasteiger partial charge in [0, 0.05) is 17.3 Å². The normalized spacial score (nSPS) is 11.4. The summed E-state index contributed by atoms with van der Waals surface area (Å²) in [5.74, 6) is -1.63. The molecule has 0 bridgehead atoms. The van der Waals surface area contributed by atoms with E-state index in [9.17, 15) is 26.3 Å². The van der Waals surface area contributed by atoms with Gasteiger partial charge in [-0.2, -0.15) is 41.3 Å². The Labute approximate surface area is 218 Å². The van der Waals surface area contributed by atoms with Gasteiger partial charge in [0.05, 0.1) is 10.6 Å². The largest absolute Gasteiger partial charge is 0.490 e. The summed E-state index contributed by atoms with van der Waals surface area (Å²) >= 11 is 5.65. The lowest BCUT2D eigenvalue weighted by Crippen LogP contribution is -2.21. The Morgan fingerprint density at radius 3 is 2.18 bits per heavy atom. The van der Waals surface area contributed by atoms with Gasteiger partial charge in [-0.1, -0.05) is 11.6 Å². The SMILES string of the molecule is Nc1cc(Oc2ccc(Nc3n[nH]c(-c4ccc(Cl)c(C(F)(F)F)c4)n3)cc2)nc(N)n1.O=C(O)C(F)(F)F. The molecule has 0 amide bonds. The van der Waals surface area contributed by atoms with Crippen molar-refractivity contribution >= 4 is 41.0 Å². The summed E-state index contributed by atoms with van der Waals surface area (Å²) in [6.45, 7) is 0. The highest BCUT2D eigenvalue weighted by Crippen LogP contribution is 2.36. The second kappa shape index (κ2) is 11.3. The molecule has 206 valence electrons. The molecule has 0 fully saturated rings. The van der Waals surface area contributed by atoms with E-state index in [2.05, 4.69) is 30.5 Å². The minimum Gasteiger partial charge on any atom is -0.475 e. The van der Waals surface area contributed by atoms with Gasteiger partial charge in [0.1, 0.15) is 11.6 Å². The van der Waals surface area contributed by atoms with Crippen LogP contribution in [0.2, 0.25) is 5.02 Å². The summed E-state index contributed by atoms with van der Waals surface area (Å²) < 4.78 is 76.5. The quantitative estimate of drug-likeness (QED) is 0.197. The second-order valence-corrected chi connectivity index (χ2v) is 7.65. The first-order valence-electron chi connectivity index (χ1n) is 10.2. The van der Waals surface area contributed by atoms with Crippen LogP contribution in [-0.4, -0.2) is 42.4 Å². The Hall–Kier alpha value is -4.80. The van der Waals surface area contributed by atoms with Gasteiger partial charge in [0.25, 0.3) is 0 Å². The molecule has 0 radical (unpaired) electrons. The summed E-state index contributed by atoms with van der Waals surface area (Å²) in [5.41, 5.74) is 11.0. The smallest absolute Gasteiger partial charge is 0.475 e. The lowest BCUT2D eigenvalue weighted by atomic mass is 10.1. The van der Waals surface area contributed by atoms with E-state index in [1.54, 1.807) is 24.3 Å². The van der Waals surface area contributed by atoms with Crippen LogP contribution in [0.4, 0.5) is 49.7 Å². The molecule has 2 aromatic carbocycles. The average Bonchev–Trinajstić information content (AvgIpc) is 3.27. The summed E-state index contributed by atoms with van der Waals surface area (Å²) in [6, 6.07) is 11.6. The number of H-pyrrole nitrogens is 1. The number of ether oxygens (including phenoxy) is 1. The molecule has 18 heteroatoms. The van der Waals surface area contributed by atoms with Crippen LogP contribution < -0.4 is 21.5 Å². The molecule has 0 atom stereocenters. The number of alkyl halides is 6. The maximum absolute atomic E-state index is 13.1. The van der Waals surface area contributed by atoms with E-state index >= 15 is 0 Å². The predicted molar refractivity (Wildman–Crippen MR) is 126 cm³/mol. The molecule has 39 heavy (non-hydrogen) atoms. The lowest BCUT2D eigenvalue weighted by Gasteiger charge is -2.09. The van der Waals surface area contributed by atoms with Gasteiger partial charge in [0.15, 0.2) is 5.82 Å². The minimum absolute atomic E-state index is 0.0123. The van der Waals surface area contributed by atoms with Crippen LogP contribution in [0.1, 0.15) is 5.56 Å². The summed E-state index contributed by atoms with van der Waals surface area (Å²) in [5, 5.41) is 16.2. The highest BCUT2D eigenvalue weighted by molar-refractivity contribution is 6.31. The molecule has 0 saturated carbocycles. The topological polar surface area (TPSA) is 178 Å².